The van der Waals surface area contributed by atoms with Crippen LogP contribution in [0.1, 0.15) is 10.4 Å². The van der Waals surface area contributed by atoms with Crippen LogP contribution in [0.25, 0.3) is 0 Å². The SMILES string of the molecule is COc1ccc(Oc2cccc(SC)c2C(=O)O)c(Br)c1. The minimum Gasteiger partial charge on any atom is -0.497 e. The van der Waals surface area contributed by atoms with E-state index in [2.05, 4.69) is 15.9 Å². The number of halogens is 1. The Morgan fingerprint density at radius 1 is 1.24 bits per heavy atom. The summed E-state index contributed by atoms with van der Waals surface area (Å²) in [6.07, 6.45) is 1.83. The van der Waals surface area contributed by atoms with Crippen molar-refractivity contribution in [3.8, 4) is 17.2 Å². The topological polar surface area (TPSA) is 55.8 Å². The Kier molecular flexibility index (Phi) is 5.14. The maximum absolute atomic E-state index is 11.5. The van der Waals surface area contributed by atoms with E-state index in [1.807, 2.05) is 6.26 Å². The van der Waals surface area contributed by atoms with Crippen LogP contribution in [0.2, 0.25) is 0 Å². The third-order valence-corrected chi connectivity index (χ3v) is 4.18. The molecule has 0 aliphatic rings. The van der Waals surface area contributed by atoms with Crippen LogP contribution >= 0.6 is 27.7 Å². The number of thioether (sulfide) groups is 1. The number of carboxylic acids is 1. The number of aromatic carboxylic acids is 1. The predicted octanol–water partition coefficient (Wildman–Crippen LogP) is 4.67. The van der Waals surface area contributed by atoms with Gasteiger partial charge in [-0.1, -0.05) is 6.07 Å². The van der Waals surface area contributed by atoms with Crippen molar-refractivity contribution in [2.45, 2.75) is 4.90 Å². The predicted molar refractivity (Wildman–Crippen MR) is 86.0 cm³/mol. The smallest absolute Gasteiger partial charge is 0.340 e. The first-order chi connectivity index (χ1) is 10.1. The van der Waals surface area contributed by atoms with Crippen molar-refractivity contribution in [3.63, 3.8) is 0 Å². The summed E-state index contributed by atoms with van der Waals surface area (Å²) in [7, 11) is 1.58. The molecule has 0 spiro atoms. The molecule has 4 nitrogen and oxygen atoms in total. The number of carboxylic acid groups (broad SMARTS) is 1. The van der Waals surface area contributed by atoms with E-state index >= 15 is 0 Å². The second kappa shape index (κ2) is 6.87. The molecule has 0 bridgehead atoms. The molecule has 0 atom stereocenters. The summed E-state index contributed by atoms with van der Waals surface area (Å²) < 4.78 is 11.6. The van der Waals surface area contributed by atoms with Crippen molar-refractivity contribution in [3.05, 3.63) is 46.4 Å². The van der Waals surface area contributed by atoms with Gasteiger partial charge >= 0.3 is 5.97 Å². The quantitative estimate of drug-likeness (QED) is 0.777. The maximum Gasteiger partial charge on any atom is 0.340 e. The van der Waals surface area contributed by atoms with Gasteiger partial charge in [0.05, 0.1) is 11.6 Å². The van der Waals surface area contributed by atoms with Crippen LogP contribution in [0.5, 0.6) is 17.2 Å². The number of hydrogen-bond acceptors (Lipinski definition) is 4. The zero-order valence-corrected chi connectivity index (χ0v) is 13.8. The Balaban J connectivity index is 2.42. The van der Waals surface area contributed by atoms with Gasteiger partial charge in [0.15, 0.2) is 0 Å². The highest BCUT2D eigenvalue weighted by atomic mass is 79.9. The van der Waals surface area contributed by atoms with Gasteiger partial charge < -0.3 is 14.6 Å². The minimum absolute atomic E-state index is 0.160. The Hall–Kier alpha value is -1.66. The number of carbonyl (C=O) groups is 1. The molecule has 0 unspecified atom stereocenters. The second-order valence-electron chi connectivity index (χ2n) is 4.04. The summed E-state index contributed by atoms with van der Waals surface area (Å²) in [4.78, 5) is 12.1. The van der Waals surface area contributed by atoms with Crippen molar-refractivity contribution in [1.82, 2.24) is 0 Å². The largest absolute Gasteiger partial charge is 0.497 e. The van der Waals surface area contributed by atoms with Gasteiger partial charge in [0.2, 0.25) is 0 Å². The van der Waals surface area contributed by atoms with E-state index in [0.29, 0.717) is 26.6 Å². The van der Waals surface area contributed by atoms with Gasteiger partial charge in [0.1, 0.15) is 22.8 Å². The number of hydrogen-bond donors (Lipinski definition) is 1. The molecule has 1 N–H and O–H groups in total. The molecule has 2 aromatic rings. The molecule has 0 fully saturated rings. The Morgan fingerprint density at radius 3 is 2.57 bits per heavy atom. The molecule has 0 aromatic heterocycles. The first kappa shape index (κ1) is 15.7. The van der Waals surface area contributed by atoms with E-state index in [4.69, 9.17) is 9.47 Å². The lowest BCUT2D eigenvalue weighted by Gasteiger charge is -2.13. The fourth-order valence-corrected chi connectivity index (χ4v) is 2.83. The minimum atomic E-state index is -1.01. The Morgan fingerprint density at radius 2 is 2.00 bits per heavy atom. The Labute approximate surface area is 135 Å². The van der Waals surface area contributed by atoms with Gasteiger partial charge in [-0.15, -0.1) is 11.8 Å². The molecule has 2 aromatic carbocycles. The number of benzene rings is 2. The highest BCUT2D eigenvalue weighted by Gasteiger charge is 2.17. The second-order valence-corrected chi connectivity index (χ2v) is 5.74. The van der Waals surface area contributed by atoms with Gasteiger partial charge in [0.25, 0.3) is 0 Å². The molecule has 0 amide bonds. The van der Waals surface area contributed by atoms with Crippen molar-refractivity contribution >= 4 is 33.7 Å². The molecule has 0 aliphatic carbocycles. The molecule has 6 heteroatoms. The number of rotatable bonds is 5. The van der Waals surface area contributed by atoms with Crippen molar-refractivity contribution in [2.75, 3.05) is 13.4 Å². The van der Waals surface area contributed by atoms with E-state index < -0.39 is 5.97 Å². The fraction of sp³-hybridized carbons (Fsp3) is 0.133. The zero-order chi connectivity index (χ0) is 15.4. The third-order valence-electron chi connectivity index (χ3n) is 2.78. The monoisotopic (exact) mass is 368 g/mol. The first-order valence-corrected chi connectivity index (χ1v) is 8.00. The van der Waals surface area contributed by atoms with E-state index in [9.17, 15) is 9.90 Å². The third kappa shape index (κ3) is 3.51. The molecule has 0 saturated heterocycles. The van der Waals surface area contributed by atoms with E-state index in [1.54, 1.807) is 43.5 Å². The van der Waals surface area contributed by atoms with Gasteiger partial charge in [-0.2, -0.15) is 0 Å². The summed E-state index contributed by atoms with van der Waals surface area (Å²) in [6, 6.07) is 10.4. The van der Waals surface area contributed by atoms with Gasteiger partial charge in [0, 0.05) is 4.90 Å². The van der Waals surface area contributed by atoms with Crippen LogP contribution in [0.4, 0.5) is 0 Å². The highest BCUT2D eigenvalue weighted by molar-refractivity contribution is 9.10. The van der Waals surface area contributed by atoms with Crippen LogP contribution in [-0.2, 0) is 0 Å². The van der Waals surface area contributed by atoms with E-state index in [-0.39, 0.29) is 5.56 Å². The molecular formula is C15H13BrO4S. The molecule has 2 rings (SSSR count). The Bertz CT molecular complexity index is 673. The number of methoxy groups -OCH3 is 1. The van der Waals surface area contributed by atoms with Gasteiger partial charge in [-0.3, -0.25) is 0 Å². The van der Waals surface area contributed by atoms with Crippen LogP contribution in [0, 0.1) is 0 Å². The first-order valence-electron chi connectivity index (χ1n) is 5.98. The van der Waals surface area contributed by atoms with Crippen molar-refractivity contribution < 1.29 is 19.4 Å². The maximum atomic E-state index is 11.5. The van der Waals surface area contributed by atoms with Crippen LogP contribution in [0.15, 0.2) is 45.8 Å². The molecule has 110 valence electrons. The van der Waals surface area contributed by atoms with Gasteiger partial charge in [-0.05, 0) is 52.5 Å². The molecule has 0 aliphatic heterocycles. The summed E-state index contributed by atoms with van der Waals surface area (Å²) in [5, 5.41) is 9.38. The van der Waals surface area contributed by atoms with Crippen molar-refractivity contribution in [2.24, 2.45) is 0 Å². The average molecular weight is 369 g/mol. The van der Waals surface area contributed by atoms with Crippen LogP contribution in [-0.4, -0.2) is 24.4 Å². The molecule has 21 heavy (non-hydrogen) atoms. The zero-order valence-electron chi connectivity index (χ0n) is 11.4. The highest BCUT2D eigenvalue weighted by Crippen LogP contribution is 2.36. The standard InChI is InChI=1S/C15H13BrO4S/c1-19-9-6-7-11(10(16)8-9)20-12-4-3-5-13(21-2)14(12)15(17)18/h3-8H,1-2H3,(H,17,18). The lowest BCUT2D eigenvalue weighted by atomic mass is 10.2. The normalized spacial score (nSPS) is 10.2. The summed E-state index contributed by atoms with van der Waals surface area (Å²) in [6.45, 7) is 0. The van der Waals surface area contributed by atoms with E-state index in [1.165, 1.54) is 11.8 Å². The lowest BCUT2D eigenvalue weighted by Crippen LogP contribution is -2.02. The van der Waals surface area contributed by atoms with Crippen LogP contribution in [0.3, 0.4) is 0 Å². The fourth-order valence-electron chi connectivity index (χ4n) is 1.79. The molecule has 0 saturated carbocycles. The molecule has 0 heterocycles. The average Bonchev–Trinajstić information content (AvgIpc) is 2.48. The molecular weight excluding hydrogens is 356 g/mol. The molecule has 0 radical (unpaired) electrons. The van der Waals surface area contributed by atoms with Crippen LogP contribution < -0.4 is 9.47 Å². The van der Waals surface area contributed by atoms with Gasteiger partial charge in [-0.25, -0.2) is 4.79 Å². The summed E-state index contributed by atoms with van der Waals surface area (Å²) in [5.41, 5.74) is 0.160. The van der Waals surface area contributed by atoms with Crippen molar-refractivity contribution in [1.29, 1.82) is 0 Å². The number of ether oxygens (including phenoxy) is 2. The van der Waals surface area contributed by atoms with E-state index in [0.717, 1.165) is 0 Å². The lowest BCUT2D eigenvalue weighted by molar-refractivity contribution is 0.0690. The summed E-state index contributed by atoms with van der Waals surface area (Å²) in [5.74, 6) is 0.502. The summed E-state index contributed by atoms with van der Waals surface area (Å²) >= 11 is 4.75.